The lowest BCUT2D eigenvalue weighted by atomic mass is 9.99. The Hall–Kier alpha value is -0.650. The van der Waals surface area contributed by atoms with Gasteiger partial charge in [0.1, 0.15) is 0 Å². The summed E-state index contributed by atoms with van der Waals surface area (Å²) < 4.78 is 11.1. The average Bonchev–Trinajstić information content (AvgIpc) is 3.08. The van der Waals surface area contributed by atoms with Crippen molar-refractivity contribution in [3.63, 3.8) is 0 Å². The molecule has 1 aromatic heterocycles. The molecule has 0 radical (unpaired) electrons. The maximum absolute atomic E-state index is 6.32. The van der Waals surface area contributed by atoms with Crippen LogP contribution in [-0.4, -0.2) is 22.3 Å². The van der Waals surface area contributed by atoms with Crippen molar-refractivity contribution in [2.75, 3.05) is 0 Å². The van der Waals surface area contributed by atoms with Gasteiger partial charge in [0.15, 0.2) is 5.82 Å². The van der Waals surface area contributed by atoms with Gasteiger partial charge in [-0.3, -0.25) is 0 Å². The smallest absolute Gasteiger partial charge is 0.226 e. The number of aryl methyl sites for hydroxylation is 1. The summed E-state index contributed by atoms with van der Waals surface area (Å²) in [6.07, 6.45) is 9.06. The van der Waals surface area contributed by atoms with Crippen molar-refractivity contribution in [2.24, 2.45) is 5.73 Å². The number of hydrogen-bond donors (Lipinski definition) is 1. The lowest BCUT2D eigenvalue weighted by Gasteiger charge is -2.17. The standard InChI is InChI=1S/C14H23N3O2.ClH/c1-10-4-5-11(18-10)6-7-12-16-13(17-19-12)14(15)8-2-3-9-14;/h10-11H,2-9,15H2,1H3;1H. The molecule has 1 aliphatic heterocycles. The second-order valence-electron chi connectivity index (χ2n) is 6.06. The molecule has 0 amide bonds. The SMILES string of the molecule is CC1CCC(CCc2nc(C3(N)CCCC3)no2)O1.Cl. The number of aromatic nitrogens is 2. The third-order valence-electron chi connectivity index (χ3n) is 4.41. The van der Waals surface area contributed by atoms with Gasteiger partial charge >= 0.3 is 0 Å². The summed E-state index contributed by atoms with van der Waals surface area (Å²) >= 11 is 0. The Morgan fingerprint density at radius 2 is 2.05 bits per heavy atom. The van der Waals surface area contributed by atoms with Crippen molar-refractivity contribution in [3.8, 4) is 0 Å². The third kappa shape index (κ3) is 3.32. The van der Waals surface area contributed by atoms with Crippen LogP contribution < -0.4 is 5.73 Å². The van der Waals surface area contributed by atoms with Gasteiger partial charge in [-0.15, -0.1) is 12.4 Å². The van der Waals surface area contributed by atoms with Crippen molar-refractivity contribution in [1.29, 1.82) is 0 Å². The number of nitrogens with two attached hydrogens (primary N) is 1. The van der Waals surface area contributed by atoms with Crippen LogP contribution in [0.5, 0.6) is 0 Å². The van der Waals surface area contributed by atoms with E-state index in [1.54, 1.807) is 0 Å². The van der Waals surface area contributed by atoms with Gasteiger partial charge in [-0.2, -0.15) is 4.98 Å². The third-order valence-corrected chi connectivity index (χ3v) is 4.41. The van der Waals surface area contributed by atoms with E-state index in [4.69, 9.17) is 15.0 Å². The molecule has 114 valence electrons. The van der Waals surface area contributed by atoms with E-state index in [9.17, 15) is 0 Å². The Bertz CT molecular complexity index is 432. The largest absolute Gasteiger partial charge is 0.375 e. The predicted molar refractivity (Wildman–Crippen MR) is 77.8 cm³/mol. The van der Waals surface area contributed by atoms with Crippen LogP contribution in [0.4, 0.5) is 0 Å². The zero-order valence-corrected chi connectivity index (χ0v) is 12.8. The summed E-state index contributed by atoms with van der Waals surface area (Å²) in [7, 11) is 0. The van der Waals surface area contributed by atoms with Crippen LogP contribution >= 0.6 is 12.4 Å². The fourth-order valence-corrected chi connectivity index (χ4v) is 3.17. The van der Waals surface area contributed by atoms with Gasteiger partial charge < -0.3 is 15.0 Å². The minimum Gasteiger partial charge on any atom is -0.375 e. The van der Waals surface area contributed by atoms with Crippen LogP contribution in [0.25, 0.3) is 0 Å². The van der Waals surface area contributed by atoms with Crippen LogP contribution in [0, 0.1) is 0 Å². The van der Waals surface area contributed by atoms with E-state index >= 15 is 0 Å². The molecular weight excluding hydrogens is 278 g/mol. The second kappa shape index (κ2) is 6.41. The first-order chi connectivity index (χ1) is 9.16. The van der Waals surface area contributed by atoms with Crippen LogP contribution in [0.2, 0.25) is 0 Å². The lowest BCUT2D eigenvalue weighted by Crippen LogP contribution is -2.34. The summed E-state index contributed by atoms with van der Waals surface area (Å²) in [5.41, 5.74) is 5.97. The average molecular weight is 302 g/mol. The number of rotatable bonds is 4. The maximum Gasteiger partial charge on any atom is 0.226 e. The summed E-state index contributed by atoms with van der Waals surface area (Å²) in [5, 5.41) is 4.08. The van der Waals surface area contributed by atoms with Crippen molar-refractivity contribution < 1.29 is 9.26 Å². The molecule has 3 rings (SSSR count). The van der Waals surface area contributed by atoms with Crippen LogP contribution in [0.1, 0.15) is 63.6 Å². The van der Waals surface area contributed by atoms with E-state index in [-0.39, 0.29) is 17.9 Å². The molecule has 1 aliphatic carbocycles. The Kier molecular flexibility index (Phi) is 5.04. The number of ether oxygens (including phenoxy) is 1. The van der Waals surface area contributed by atoms with Crippen molar-refractivity contribution >= 4 is 12.4 Å². The Morgan fingerprint density at radius 3 is 2.70 bits per heavy atom. The number of nitrogens with zero attached hydrogens (tertiary/aromatic N) is 2. The molecule has 2 N–H and O–H groups in total. The van der Waals surface area contributed by atoms with Crippen molar-refractivity contribution in [2.45, 2.75) is 76.0 Å². The molecule has 0 spiro atoms. The fraction of sp³-hybridized carbons (Fsp3) is 0.857. The minimum atomic E-state index is -0.347. The number of hydrogen-bond acceptors (Lipinski definition) is 5. The molecular formula is C14H24ClN3O2. The van der Waals surface area contributed by atoms with Gasteiger partial charge in [0.05, 0.1) is 17.7 Å². The first kappa shape index (κ1) is 15.7. The molecule has 2 unspecified atom stereocenters. The molecule has 2 aliphatic rings. The van der Waals surface area contributed by atoms with Gasteiger partial charge in [-0.1, -0.05) is 18.0 Å². The van der Waals surface area contributed by atoms with Crippen LogP contribution in [0.3, 0.4) is 0 Å². The van der Waals surface area contributed by atoms with Gasteiger partial charge in [-0.05, 0) is 39.0 Å². The molecule has 6 heteroatoms. The highest BCUT2D eigenvalue weighted by atomic mass is 35.5. The van der Waals surface area contributed by atoms with Gasteiger partial charge in [-0.25, -0.2) is 0 Å². The molecule has 2 heterocycles. The first-order valence-corrected chi connectivity index (χ1v) is 7.43. The van der Waals surface area contributed by atoms with E-state index in [1.807, 2.05) is 0 Å². The molecule has 0 bridgehead atoms. The molecule has 5 nitrogen and oxygen atoms in total. The van der Waals surface area contributed by atoms with Crippen molar-refractivity contribution in [1.82, 2.24) is 10.1 Å². The zero-order chi connectivity index (χ0) is 13.3. The van der Waals surface area contributed by atoms with E-state index in [0.29, 0.717) is 23.9 Å². The second-order valence-corrected chi connectivity index (χ2v) is 6.06. The highest BCUT2D eigenvalue weighted by Gasteiger charge is 2.36. The summed E-state index contributed by atoms with van der Waals surface area (Å²) in [6.45, 7) is 2.13. The Balaban J connectivity index is 0.00000147. The quantitative estimate of drug-likeness (QED) is 0.925. The Morgan fingerprint density at radius 1 is 1.30 bits per heavy atom. The highest BCUT2D eigenvalue weighted by molar-refractivity contribution is 5.85. The van der Waals surface area contributed by atoms with Crippen LogP contribution in [-0.2, 0) is 16.7 Å². The normalized spacial score (nSPS) is 28.5. The van der Waals surface area contributed by atoms with Gasteiger partial charge in [0.25, 0.3) is 0 Å². The summed E-state index contributed by atoms with van der Waals surface area (Å²) in [4.78, 5) is 4.49. The van der Waals surface area contributed by atoms with E-state index < -0.39 is 0 Å². The minimum absolute atomic E-state index is 0. The van der Waals surface area contributed by atoms with Crippen LogP contribution in [0.15, 0.2) is 4.52 Å². The molecule has 1 saturated carbocycles. The van der Waals surface area contributed by atoms with E-state index in [0.717, 1.165) is 51.4 Å². The lowest BCUT2D eigenvalue weighted by molar-refractivity contribution is 0.0500. The maximum atomic E-state index is 6.32. The van der Waals surface area contributed by atoms with Gasteiger partial charge in [0, 0.05) is 6.42 Å². The number of halogens is 1. The van der Waals surface area contributed by atoms with Gasteiger partial charge in [0.2, 0.25) is 5.89 Å². The summed E-state index contributed by atoms with van der Waals surface area (Å²) in [6, 6.07) is 0. The fourth-order valence-electron chi connectivity index (χ4n) is 3.17. The summed E-state index contributed by atoms with van der Waals surface area (Å²) in [5.74, 6) is 1.40. The molecule has 2 atom stereocenters. The molecule has 20 heavy (non-hydrogen) atoms. The van der Waals surface area contributed by atoms with E-state index in [2.05, 4.69) is 17.1 Å². The first-order valence-electron chi connectivity index (χ1n) is 7.43. The molecule has 0 aromatic carbocycles. The highest BCUT2D eigenvalue weighted by Crippen LogP contribution is 2.34. The topological polar surface area (TPSA) is 74.2 Å². The predicted octanol–water partition coefficient (Wildman–Crippen LogP) is 2.72. The monoisotopic (exact) mass is 301 g/mol. The Labute approximate surface area is 126 Å². The van der Waals surface area contributed by atoms with Crippen molar-refractivity contribution in [3.05, 3.63) is 11.7 Å². The molecule has 1 saturated heterocycles. The van der Waals surface area contributed by atoms with E-state index in [1.165, 1.54) is 0 Å². The zero-order valence-electron chi connectivity index (χ0n) is 12.0. The molecule has 2 fully saturated rings. The molecule has 1 aromatic rings.